The first-order chi connectivity index (χ1) is 16.9. The molecule has 5 rings (SSSR count). The highest BCUT2D eigenvalue weighted by Crippen LogP contribution is 2.44. The summed E-state index contributed by atoms with van der Waals surface area (Å²) in [6.45, 7) is 0.874. The summed E-state index contributed by atoms with van der Waals surface area (Å²) in [5.74, 6) is 1.32. The van der Waals surface area contributed by atoms with E-state index in [1.54, 1.807) is 0 Å². The van der Waals surface area contributed by atoms with E-state index in [-0.39, 0.29) is 0 Å². The normalized spacial score (nSPS) is 10.6. The lowest BCUT2D eigenvalue weighted by Crippen LogP contribution is -2.04. The molecule has 34 heavy (non-hydrogen) atoms. The first-order valence-corrected chi connectivity index (χ1v) is 11.4. The number of benzene rings is 4. The van der Waals surface area contributed by atoms with Crippen LogP contribution in [0, 0.1) is 0 Å². The standard InChI is InChI=1S/C31H25NO2/c1-5-13-24(14-6-1)22-33-30-28(26-17-9-3-10-18-26)21-32-31(29(30)27-19-11-4-12-20-27)34-23-25-15-7-2-8-16-25/h1-21H,22-23H2. The fourth-order valence-corrected chi connectivity index (χ4v) is 3.88. The first-order valence-electron chi connectivity index (χ1n) is 11.4. The Morgan fingerprint density at radius 1 is 0.500 bits per heavy atom. The first kappa shape index (κ1) is 21.5. The van der Waals surface area contributed by atoms with Crippen LogP contribution in [0.25, 0.3) is 22.3 Å². The van der Waals surface area contributed by atoms with Crippen LogP contribution in [0.4, 0.5) is 0 Å². The van der Waals surface area contributed by atoms with E-state index in [0.29, 0.717) is 19.1 Å². The van der Waals surface area contributed by atoms with E-state index in [1.807, 2.05) is 91.1 Å². The lowest BCUT2D eigenvalue weighted by molar-refractivity contribution is 0.284. The van der Waals surface area contributed by atoms with Crippen molar-refractivity contribution in [3.63, 3.8) is 0 Å². The van der Waals surface area contributed by atoms with E-state index < -0.39 is 0 Å². The summed E-state index contributed by atoms with van der Waals surface area (Å²) in [5, 5.41) is 0. The van der Waals surface area contributed by atoms with Crippen LogP contribution < -0.4 is 9.47 Å². The van der Waals surface area contributed by atoms with Crippen LogP contribution in [-0.4, -0.2) is 4.98 Å². The van der Waals surface area contributed by atoms with Crippen molar-refractivity contribution < 1.29 is 9.47 Å². The second kappa shape index (κ2) is 10.5. The molecule has 0 aliphatic rings. The summed E-state index contributed by atoms with van der Waals surface area (Å²) in [5.41, 5.74) is 6.02. The summed E-state index contributed by atoms with van der Waals surface area (Å²) in [7, 11) is 0. The number of rotatable bonds is 8. The second-order valence-corrected chi connectivity index (χ2v) is 7.96. The van der Waals surface area contributed by atoms with Gasteiger partial charge in [-0.25, -0.2) is 4.98 Å². The molecule has 0 radical (unpaired) electrons. The lowest BCUT2D eigenvalue weighted by atomic mass is 9.99. The summed E-state index contributed by atoms with van der Waals surface area (Å²) < 4.78 is 12.8. The maximum absolute atomic E-state index is 6.54. The Kier molecular flexibility index (Phi) is 6.63. The van der Waals surface area contributed by atoms with Gasteiger partial charge in [0, 0.05) is 11.8 Å². The molecule has 1 heterocycles. The van der Waals surface area contributed by atoms with E-state index in [4.69, 9.17) is 14.5 Å². The highest BCUT2D eigenvalue weighted by Gasteiger charge is 2.21. The molecular weight excluding hydrogens is 418 g/mol. The average molecular weight is 444 g/mol. The molecule has 3 nitrogen and oxygen atoms in total. The van der Waals surface area contributed by atoms with Crippen molar-refractivity contribution in [1.82, 2.24) is 4.98 Å². The zero-order valence-electron chi connectivity index (χ0n) is 18.8. The molecule has 0 bridgehead atoms. The third-order valence-electron chi connectivity index (χ3n) is 5.59. The summed E-state index contributed by atoms with van der Waals surface area (Å²) >= 11 is 0. The monoisotopic (exact) mass is 443 g/mol. The number of hydrogen-bond donors (Lipinski definition) is 0. The van der Waals surface area contributed by atoms with Gasteiger partial charge < -0.3 is 9.47 Å². The van der Waals surface area contributed by atoms with Crippen molar-refractivity contribution in [2.24, 2.45) is 0 Å². The number of ether oxygens (including phenoxy) is 2. The minimum absolute atomic E-state index is 0.427. The summed E-state index contributed by atoms with van der Waals surface area (Å²) in [6, 6.07) is 40.7. The van der Waals surface area contributed by atoms with Crippen molar-refractivity contribution in [2.75, 3.05) is 0 Å². The maximum atomic E-state index is 6.54. The number of hydrogen-bond acceptors (Lipinski definition) is 3. The molecule has 0 amide bonds. The molecule has 0 saturated heterocycles. The quantitative estimate of drug-likeness (QED) is 0.248. The minimum Gasteiger partial charge on any atom is -0.487 e. The van der Waals surface area contributed by atoms with Crippen LogP contribution in [0.2, 0.25) is 0 Å². The number of aromatic nitrogens is 1. The molecule has 0 aliphatic heterocycles. The highest BCUT2D eigenvalue weighted by atomic mass is 16.5. The number of pyridine rings is 1. The summed E-state index contributed by atoms with van der Waals surface area (Å²) in [4.78, 5) is 4.76. The molecule has 4 aromatic carbocycles. The Morgan fingerprint density at radius 2 is 0.971 bits per heavy atom. The van der Waals surface area contributed by atoms with Crippen molar-refractivity contribution in [3.8, 4) is 33.9 Å². The Morgan fingerprint density at radius 3 is 1.53 bits per heavy atom. The third-order valence-corrected chi connectivity index (χ3v) is 5.59. The van der Waals surface area contributed by atoms with Gasteiger partial charge in [-0.3, -0.25) is 0 Å². The van der Waals surface area contributed by atoms with Crippen molar-refractivity contribution in [1.29, 1.82) is 0 Å². The molecule has 5 aromatic rings. The smallest absolute Gasteiger partial charge is 0.225 e. The zero-order valence-corrected chi connectivity index (χ0v) is 18.8. The Hall–Kier alpha value is -4.37. The van der Waals surface area contributed by atoms with Gasteiger partial charge in [-0.05, 0) is 22.3 Å². The predicted octanol–water partition coefficient (Wildman–Crippen LogP) is 7.57. The van der Waals surface area contributed by atoms with Crippen LogP contribution in [0.5, 0.6) is 11.6 Å². The van der Waals surface area contributed by atoms with Crippen molar-refractivity contribution in [3.05, 3.63) is 139 Å². The fourth-order valence-electron chi connectivity index (χ4n) is 3.88. The molecule has 0 fully saturated rings. The SMILES string of the molecule is c1ccc(COc2ncc(-c3ccccc3)c(OCc3ccccc3)c2-c2ccccc2)cc1. The van der Waals surface area contributed by atoms with Gasteiger partial charge in [0.25, 0.3) is 0 Å². The van der Waals surface area contributed by atoms with Crippen LogP contribution in [0.1, 0.15) is 11.1 Å². The molecule has 0 atom stereocenters. The van der Waals surface area contributed by atoms with Gasteiger partial charge in [0.15, 0.2) is 0 Å². The predicted molar refractivity (Wildman–Crippen MR) is 137 cm³/mol. The lowest BCUT2D eigenvalue weighted by Gasteiger charge is -2.19. The van der Waals surface area contributed by atoms with Gasteiger partial charge in [-0.2, -0.15) is 0 Å². The van der Waals surface area contributed by atoms with Gasteiger partial charge >= 0.3 is 0 Å². The molecular formula is C31H25NO2. The third kappa shape index (κ3) is 5.00. The molecule has 1 aromatic heterocycles. The van der Waals surface area contributed by atoms with E-state index in [1.165, 1.54) is 0 Å². The van der Waals surface area contributed by atoms with E-state index in [2.05, 4.69) is 36.4 Å². The number of nitrogens with zero attached hydrogens (tertiary/aromatic N) is 1. The summed E-state index contributed by atoms with van der Waals surface area (Å²) in [6.07, 6.45) is 1.85. The van der Waals surface area contributed by atoms with Crippen LogP contribution in [0.3, 0.4) is 0 Å². The van der Waals surface area contributed by atoms with Gasteiger partial charge in [0.2, 0.25) is 5.88 Å². The largest absolute Gasteiger partial charge is 0.487 e. The Bertz CT molecular complexity index is 1320. The van der Waals surface area contributed by atoms with Crippen LogP contribution >= 0.6 is 0 Å². The Labute approximate surface area is 200 Å². The minimum atomic E-state index is 0.427. The van der Waals surface area contributed by atoms with E-state index in [0.717, 1.165) is 39.1 Å². The topological polar surface area (TPSA) is 31.4 Å². The molecule has 0 spiro atoms. The Balaban J connectivity index is 1.61. The van der Waals surface area contributed by atoms with Crippen LogP contribution in [0.15, 0.2) is 128 Å². The highest BCUT2D eigenvalue weighted by molar-refractivity contribution is 5.84. The molecule has 0 saturated carbocycles. The molecule has 0 aliphatic carbocycles. The van der Waals surface area contributed by atoms with Crippen molar-refractivity contribution in [2.45, 2.75) is 13.2 Å². The van der Waals surface area contributed by atoms with Gasteiger partial charge in [0.05, 0.1) is 5.56 Å². The van der Waals surface area contributed by atoms with Gasteiger partial charge in [0.1, 0.15) is 19.0 Å². The zero-order chi connectivity index (χ0) is 23.0. The van der Waals surface area contributed by atoms with Gasteiger partial charge in [-0.15, -0.1) is 0 Å². The van der Waals surface area contributed by atoms with Crippen LogP contribution in [-0.2, 0) is 13.2 Å². The van der Waals surface area contributed by atoms with Gasteiger partial charge in [-0.1, -0.05) is 121 Å². The maximum Gasteiger partial charge on any atom is 0.225 e. The fraction of sp³-hybridized carbons (Fsp3) is 0.0645. The van der Waals surface area contributed by atoms with E-state index >= 15 is 0 Å². The second-order valence-electron chi connectivity index (χ2n) is 7.96. The molecule has 0 N–H and O–H groups in total. The van der Waals surface area contributed by atoms with E-state index in [9.17, 15) is 0 Å². The van der Waals surface area contributed by atoms with Crippen molar-refractivity contribution >= 4 is 0 Å². The molecule has 3 heteroatoms. The molecule has 166 valence electrons. The molecule has 0 unspecified atom stereocenters. The average Bonchev–Trinajstić information content (AvgIpc) is 2.92.